The van der Waals surface area contributed by atoms with Crippen molar-refractivity contribution in [1.29, 1.82) is 0 Å². The third-order valence-corrected chi connectivity index (χ3v) is 6.82. The Balaban J connectivity index is 2.93. The molecular formula is C14H31ClSi. The fraction of sp³-hybridized carbons (Fsp3) is 1.00. The average molecular weight is 263 g/mol. The molecular weight excluding hydrogens is 232 g/mol. The quantitative estimate of drug-likeness (QED) is 0.234. The van der Waals surface area contributed by atoms with E-state index in [2.05, 4.69) is 13.8 Å². The van der Waals surface area contributed by atoms with Gasteiger partial charge in [0.05, 0.1) is 0 Å². The Labute approximate surface area is 109 Å². The maximum Gasteiger partial charge on any atom is 0.140 e. The summed E-state index contributed by atoms with van der Waals surface area (Å²) in [5.41, 5.74) is 0. The van der Waals surface area contributed by atoms with Crippen molar-refractivity contribution >= 4 is 19.2 Å². The van der Waals surface area contributed by atoms with E-state index in [-0.39, 0.29) is 0 Å². The number of unbranched alkanes of at least 4 members (excludes halogenated alkanes) is 9. The molecule has 98 valence electrons. The molecule has 0 fully saturated rings. The predicted molar refractivity (Wildman–Crippen MR) is 80.1 cm³/mol. The van der Waals surface area contributed by atoms with Gasteiger partial charge >= 0.3 is 0 Å². The Kier molecular flexibility index (Phi) is 14.0. The molecule has 0 amide bonds. The Morgan fingerprint density at radius 1 is 0.688 bits per heavy atom. The average Bonchev–Trinajstić information content (AvgIpc) is 2.31. The van der Waals surface area contributed by atoms with Crippen molar-refractivity contribution in [2.24, 2.45) is 0 Å². The van der Waals surface area contributed by atoms with Gasteiger partial charge in [-0.15, -0.1) is 0 Å². The van der Waals surface area contributed by atoms with Gasteiger partial charge in [-0.05, 0) is 12.1 Å². The van der Waals surface area contributed by atoms with Gasteiger partial charge in [0.2, 0.25) is 0 Å². The molecule has 0 heterocycles. The summed E-state index contributed by atoms with van der Waals surface area (Å²) >= 11 is 6.22. The van der Waals surface area contributed by atoms with Gasteiger partial charge in [0.15, 0.2) is 0 Å². The lowest BCUT2D eigenvalue weighted by molar-refractivity contribution is 0.562. The van der Waals surface area contributed by atoms with Crippen LogP contribution in [0.5, 0.6) is 0 Å². The van der Waals surface area contributed by atoms with Crippen LogP contribution in [-0.2, 0) is 0 Å². The zero-order valence-electron chi connectivity index (χ0n) is 11.4. The molecule has 0 N–H and O–H groups in total. The fourth-order valence-electron chi connectivity index (χ4n) is 2.06. The molecule has 0 radical (unpaired) electrons. The van der Waals surface area contributed by atoms with E-state index in [0.717, 1.165) is 0 Å². The van der Waals surface area contributed by atoms with Crippen molar-refractivity contribution in [3.63, 3.8) is 0 Å². The highest BCUT2D eigenvalue weighted by atomic mass is 35.6. The molecule has 0 rings (SSSR count). The minimum atomic E-state index is -0.787. The first kappa shape index (κ1) is 16.5. The summed E-state index contributed by atoms with van der Waals surface area (Å²) in [6.45, 7) is 4.52. The summed E-state index contributed by atoms with van der Waals surface area (Å²) in [6.07, 6.45) is 14.3. The molecule has 0 saturated heterocycles. The van der Waals surface area contributed by atoms with Crippen LogP contribution >= 0.6 is 11.1 Å². The third kappa shape index (κ3) is 12.6. The molecule has 1 atom stereocenters. The molecule has 0 aromatic rings. The standard InChI is InChI=1S/C14H31ClSi/c1-3-5-6-7-8-9-10-11-12-13-14-16(15)4-2/h16H,3-14H2,1-2H3. The SMILES string of the molecule is CCCCCCCCCCCC[SiH](Cl)CC. The molecule has 0 spiro atoms. The Morgan fingerprint density at radius 2 is 1.12 bits per heavy atom. The van der Waals surface area contributed by atoms with E-state index < -0.39 is 8.11 Å². The molecule has 0 aliphatic rings. The zero-order valence-corrected chi connectivity index (χ0v) is 13.4. The van der Waals surface area contributed by atoms with Gasteiger partial charge in [-0.1, -0.05) is 78.1 Å². The highest BCUT2D eigenvalue weighted by Crippen LogP contribution is 2.14. The van der Waals surface area contributed by atoms with Crippen LogP contribution in [-0.4, -0.2) is 8.11 Å². The highest BCUT2D eigenvalue weighted by molar-refractivity contribution is 7.06. The summed E-state index contributed by atoms with van der Waals surface area (Å²) in [7, 11) is -0.787. The molecule has 0 aromatic heterocycles. The van der Waals surface area contributed by atoms with Crippen molar-refractivity contribution in [1.82, 2.24) is 0 Å². The molecule has 2 heteroatoms. The number of halogens is 1. The van der Waals surface area contributed by atoms with Crippen LogP contribution in [0, 0.1) is 0 Å². The van der Waals surface area contributed by atoms with Crippen LogP contribution in [0.1, 0.15) is 78.1 Å². The van der Waals surface area contributed by atoms with Crippen LogP contribution in [0.15, 0.2) is 0 Å². The van der Waals surface area contributed by atoms with Crippen molar-refractivity contribution in [3.05, 3.63) is 0 Å². The Bertz CT molecular complexity index is 128. The maximum absolute atomic E-state index is 6.22. The van der Waals surface area contributed by atoms with Gasteiger partial charge in [0.25, 0.3) is 0 Å². The predicted octanol–water partition coefficient (Wildman–Crippen LogP) is 5.89. The van der Waals surface area contributed by atoms with Crippen molar-refractivity contribution in [2.45, 2.75) is 90.1 Å². The molecule has 16 heavy (non-hydrogen) atoms. The van der Waals surface area contributed by atoms with E-state index in [4.69, 9.17) is 11.1 Å². The van der Waals surface area contributed by atoms with Crippen LogP contribution < -0.4 is 0 Å². The molecule has 0 bridgehead atoms. The minimum absolute atomic E-state index is 0.787. The van der Waals surface area contributed by atoms with E-state index in [0.29, 0.717) is 0 Å². The number of hydrogen-bond acceptors (Lipinski definition) is 0. The molecule has 0 nitrogen and oxygen atoms in total. The fourth-order valence-corrected chi connectivity index (χ4v) is 3.66. The molecule has 0 aliphatic carbocycles. The first-order valence-electron chi connectivity index (χ1n) is 7.45. The van der Waals surface area contributed by atoms with E-state index in [1.807, 2.05) is 0 Å². The second kappa shape index (κ2) is 13.6. The van der Waals surface area contributed by atoms with Crippen molar-refractivity contribution in [3.8, 4) is 0 Å². The molecule has 0 aliphatic heterocycles. The molecule has 0 aromatic carbocycles. The Hall–Kier alpha value is 0.507. The first-order valence-corrected chi connectivity index (χ1v) is 10.8. The number of rotatable bonds is 12. The third-order valence-electron chi connectivity index (χ3n) is 3.31. The van der Waals surface area contributed by atoms with E-state index in [9.17, 15) is 0 Å². The van der Waals surface area contributed by atoms with Crippen molar-refractivity contribution < 1.29 is 0 Å². The van der Waals surface area contributed by atoms with E-state index in [1.54, 1.807) is 0 Å². The monoisotopic (exact) mass is 262 g/mol. The first-order chi connectivity index (χ1) is 7.81. The van der Waals surface area contributed by atoms with Gasteiger partial charge < -0.3 is 0 Å². The molecule has 1 unspecified atom stereocenters. The summed E-state index contributed by atoms with van der Waals surface area (Å²) in [5, 5.41) is 0. The van der Waals surface area contributed by atoms with Gasteiger partial charge in [-0.25, -0.2) is 0 Å². The van der Waals surface area contributed by atoms with Gasteiger partial charge in [0.1, 0.15) is 8.11 Å². The number of hydrogen-bond donors (Lipinski definition) is 0. The van der Waals surface area contributed by atoms with Crippen LogP contribution in [0.4, 0.5) is 0 Å². The normalized spacial score (nSPS) is 12.9. The lowest BCUT2D eigenvalue weighted by atomic mass is 10.1. The van der Waals surface area contributed by atoms with Gasteiger partial charge in [0, 0.05) is 0 Å². The van der Waals surface area contributed by atoms with E-state index in [1.165, 1.54) is 76.3 Å². The largest absolute Gasteiger partial charge is 0.172 e. The summed E-state index contributed by atoms with van der Waals surface area (Å²) in [5.74, 6) is 0. The zero-order chi connectivity index (χ0) is 12.1. The second-order valence-electron chi connectivity index (χ2n) is 4.98. The van der Waals surface area contributed by atoms with Crippen LogP contribution in [0.25, 0.3) is 0 Å². The molecule has 0 saturated carbocycles. The van der Waals surface area contributed by atoms with Crippen molar-refractivity contribution in [2.75, 3.05) is 0 Å². The Morgan fingerprint density at radius 3 is 1.56 bits per heavy atom. The van der Waals surface area contributed by atoms with E-state index >= 15 is 0 Å². The minimum Gasteiger partial charge on any atom is -0.172 e. The highest BCUT2D eigenvalue weighted by Gasteiger charge is 2.02. The summed E-state index contributed by atoms with van der Waals surface area (Å²) in [6, 6.07) is 2.62. The summed E-state index contributed by atoms with van der Waals surface area (Å²) in [4.78, 5) is 0. The summed E-state index contributed by atoms with van der Waals surface area (Å²) < 4.78 is 0. The van der Waals surface area contributed by atoms with Gasteiger partial charge in [-0.2, -0.15) is 11.1 Å². The maximum atomic E-state index is 6.22. The second-order valence-corrected chi connectivity index (χ2v) is 9.42. The smallest absolute Gasteiger partial charge is 0.140 e. The lowest BCUT2D eigenvalue weighted by Gasteiger charge is -2.04. The van der Waals surface area contributed by atoms with Crippen LogP contribution in [0.2, 0.25) is 12.1 Å². The lowest BCUT2D eigenvalue weighted by Crippen LogP contribution is -1.99. The topological polar surface area (TPSA) is 0 Å². The van der Waals surface area contributed by atoms with Gasteiger partial charge in [-0.3, -0.25) is 0 Å². The van der Waals surface area contributed by atoms with Crippen LogP contribution in [0.3, 0.4) is 0 Å².